The first kappa shape index (κ1) is 21.9. The summed E-state index contributed by atoms with van der Waals surface area (Å²) in [5.41, 5.74) is 1.69. The molecule has 33 heavy (non-hydrogen) atoms. The Morgan fingerprint density at radius 2 is 2.03 bits per heavy atom. The van der Waals surface area contributed by atoms with Gasteiger partial charge in [-0.1, -0.05) is 6.07 Å². The van der Waals surface area contributed by atoms with Crippen molar-refractivity contribution in [3.63, 3.8) is 0 Å². The van der Waals surface area contributed by atoms with E-state index in [0.717, 1.165) is 53.7 Å². The van der Waals surface area contributed by atoms with Crippen LogP contribution in [0.2, 0.25) is 0 Å². The van der Waals surface area contributed by atoms with Gasteiger partial charge >= 0.3 is 0 Å². The second-order valence-electron chi connectivity index (χ2n) is 7.61. The predicted octanol–water partition coefficient (Wildman–Crippen LogP) is 3.49. The van der Waals surface area contributed by atoms with Crippen LogP contribution in [0.4, 0.5) is 5.82 Å². The standard InChI is InChI=1S/C23H24N6O2S2/c30-22(16-3-1-5-24-13-16)26-7-6-25-21-20-17(18-4-2-12-32-18)15-33-23(20)28-19(27-21)14-29-8-10-31-11-9-29/h1-5,12-13,15H,6-11,14H2,(H,26,30)(H,25,27,28). The lowest BCUT2D eigenvalue weighted by atomic mass is 10.2. The van der Waals surface area contributed by atoms with Crippen molar-refractivity contribution in [1.29, 1.82) is 0 Å². The molecule has 0 unspecified atom stereocenters. The topological polar surface area (TPSA) is 92.3 Å². The molecule has 0 aliphatic carbocycles. The molecule has 5 rings (SSSR count). The van der Waals surface area contributed by atoms with E-state index in [9.17, 15) is 4.79 Å². The van der Waals surface area contributed by atoms with E-state index >= 15 is 0 Å². The molecule has 0 spiro atoms. The van der Waals surface area contributed by atoms with Crippen LogP contribution in [-0.2, 0) is 11.3 Å². The van der Waals surface area contributed by atoms with Crippen molar-refractivity contribution in [1.82, 2.24) is 25.2 Å². The Balaban J connectivity index is 1.35. The Morgan fingerprint density at radius 1 is 1.12 bits per heavy atom. The second kappa shape index (κ2) is 10.3. The van der Waals surface area contributed by atoms with Crippen LogP contribution in [0.15, 0.2) is 47.4 Å². The molecule has 0 radical (unpaired) electrons. The Morgan fingerprint density at radius 3 is 2.82 bits per heavy atom. The van der Waals surface area contributed by atoms with Crippen molar-refractivity contribution in [2.75, 3.05) is 44.7 Å². The van der Waals surface area contributed by atoms with E-state index in [1.165, 1.54) is 4.88 Å². The van der Waals surface area contributed by atoms with Gasteiger partial charge in [-0.2, -0.15) is 0 Å². The first-order valence-corrected chi connectivity index (χ1v) is 12.6. The summed E-state index contributed by atoms with van der Waals surface area (Å²) in [6.45, 7) is 4.96. The number of nitrogens with one attached hydrogen (secondary N) is 2. The number of nitrogens with zero attached hydrogens (tertiary/aromatic N) is 4. The van der Waals surface area contributed by atoms with Crippen molar-refractivity contribution in [2.45, 2.75) is 6.54 Å². The molecule has 8 nitrogen and oxygen atoms in total. The number of hydrogen-bond acceptors (Lipinski definition) is 9. The van der Waals surface area contributed by atoms with Gasteiger partial charge < -0.3 is 15.4 Å². The number of rotatable bonds is 8. The number of carbonyl (C=O) groups is 1. The monoisotopic (exact) mass is 480 g/mol. The normalized spacial score (nSPS) is 14.4. The fraction of sp³-hybridized carbons (Fsp3) is 0.304. The highest BCUT2D eigenvalue weighted by atomic mass is 32.1. The molecular weight excluding hydrogens is 456 g/mol. The zero-order valence-electron chi connectivity index (χ0n) is 18.0. The number of morpholine rings is 1. The number of ether oxygens (including phenoxy) is 1. The van der Waals surface area contributed by atoms with Gasteiger partial charge in [0.05, 0.1) is 30.7 Å². The molecule has 0 saturated carbocycles. The molecule has 0 bridgehead atoms. The zero-order valence-corrected chi connectivity index (χ0v) is 19.6. The van der Waals surface area contributed by atoms with E-state index < -0.39 is 0 Å². The van der Waals surface area contributed by atoms with Crippen LogP contribution in [0.1, 0.15) is 16.2 Å². The van der Waals surface area contributed by atoms with E-state index in [-0.39, 0.29) is 5.91 Å². The van der Waals surface area contributed by atoms with Crippen LogP contribution in [0.5, 0.6) is 0 Å². The third kappa shape index (κ3) is 5.19. The van der Waals surface area contributed by atoms with E-state index in [2.05, 4.69) is 43.4 Å². The maximum atomic E-state index is 12.3. The summed E-state index contributed by atoms with van der Waals surface area (Å²) in [5.74, 6) is 1.47. The summed E-state index contributed by atoms with van der Waals surface area (Å²) in [6.07, 6.45) is 3.21. The molecule has 170 valence electrons. The van der Waals surface area contributed by atoms with E-state index in [1.807, 2.05) is 0 Å². The van der Waals surface area contributed by atoms with Crippen molar-refractivity contribution in [3.05, 3.63) is 58.8 Å². The maximum absolute atomic E-state index is 12.3. The quantitative estimate of drug-likeness (QED) is 0.373. The van der Waals surface area contributed by atoms with Crippen LogP contribution in [0.3, 0.4) is 0 Å². The third-order valence-corrected chi connectivity index (χ3v) is 7.14. The maximum Gasteiger partial charge on any atom is 0.252 e. The van der Waals surface area contributed by atoms with Gasteiger partial charge in [0.2, 0.25) is 0 Å². The molecule has 0 atom stereocenters. The van der Waals surface area contributed by atoms with E-state index in [4.69, 9.17) is 14.7 Å². The van der Waals surface area contributed by atoms with Crippen molar-refractivity contribution < 1.29 is 9.53 Å². The number of aromatic nitrogens is 3. The van der Waals surface area contributed by atoms with Gasteiger partial charge in [0.25, 0.3) is 5.91 Å². The minimum Gasteiger partial charge on any atom is -0.379 e. The van der Waals surface area contributed by atoms with Gasteiger partial charge in [-0.05, 0) is 23.6 Å². The average molecular weight is 481 g/mol. The van der Waals surface area contributed by atoms with Crippen molar-refractivity contribution >= 4 is 44.6 Å². The SMILES string of the molecule is O=C(NCCNc1nc(CN2CCOCC2)nc2scc(-c3cccs3)c12)c1cccnc1. The Hall–Kier alpha value is -2.92. The fourth-order valence-corrected chi connectivity index (χ4v) is 5.49. The number of pyridine rings is 1. The first-order valence-electron chi connectivity index (χ1n) is 10.8. The van der Waals surface area contributed by atoms with Crippen LogP contribution < -0.4 is 10.6 Å². The van der Waals surface area contributed by atoms with Crippen LogP contribution in [0, 0.1) is 0 Å². The van der Waals surface area contributed by atoms with E-state index in [0.29, 0.717) is 25.2 Å². The molecule has 0 aromatic carbocycles. The summed E-state index contributed by atoms with van der Waals surface area (Å²) in [5, 5.41) is 11.6. The molecule has 2 N–H and O–H groups in total. The van der Waals surface area contributed by atoms with Gasteiger partial charge in [-0.3, -0.25) is 14.7 Å². The Labute approximate surface area is 199 Å². The fourth-order valence-electron chi connectivity index (χ4n) is 3.71. The number of carbonyl (C=O) groups excluding carboxylic acids is 1. The van der Waals surface area contributed by atoms with Crippen LogP contribution in [-0.4, -0.2) is 65.2 Å². The average Bonchev–Trinajstić information content (AvgIpc) is 3.53. The lowest BCUT2D eigenvalue weighted by Gasteiger charge is -2.25. The van der Waals surface area contributed by atoms with Crippen LogP contribution in [0.25, 0.3) is 20.7 Å². The summed E-state index contributed by atoms with van der Waals surface area (Å²) < 4.78 is 5.46. The minimum atomic E-state index is -0.138. The Kier molecular flexibility index (Phi) is 6.87. The van der Waals surface area contributed by atoms with Gasteiger partial charge in [-0.25, -0.2) is 9.97 Å². The second-order valence-corrected chi connectivity index (χ2v) is 9.41. The summed E-state index contributed by atoms with van der Waals surface area (Å²) in [6, 6.07) is 7.67. The molecule has 10 heteroatoms. The smallest absolute Gasteiger partial charge is 0.252 e. The molecular formula is C23H24N6O2S2. The molecule has 4 aromatic heterocycles. The van der Waals surface area contributed by atoms with Gasteiger partial charge in [0.1, 0.15) is 16.5 Å². The predicted molar refractivity (Wildman–Crippen MR) is 132 cm³/mol. The highest BCUT2D eigenvalue weighted by molar-refractivity contribution is 7.18. The highest BCUT2D eigenvalue weighted by Gasteiger charge is 2.18. The summed E-state index contributed by atoms with van der Waals surface area (Å²) in [7, 11) is 0. The number of anilines is 1. The molecule has 1 saturated heterocycles. The van der Waals surface area contributed by atoms with Crippen LogP contribution >= 0.6 is 22.7 Å². The molecule has 1 aliphatic heterocycles. The third-order valence-electron chi connectivity index (χ3n) is 5.36. The van der Waals surface area contributed by atoms with Gasteiger partial charge in [0.15, 0.2) is 0 Å². The van der Waals surface area contributed by atoms with Gasteiger partial charge in [0, 0.05) is 54.4 Å². The number of thiophene rings is 2. The number of fused-ring (bicyclic) bond motifs is 1. The summed E-state index contributed by atoms with van der Waals surface area (Å²) in [4.78, 5) is 30.5. The lowest BCUT2D eigenvalue weighted by molar-refractivity contribution is 0.0331. The molecule has 5 heterocycles. The molecule has 1 aliphatic rings. The van der Waals surface area contributed by atoms with Gasteiger partial charge in [-0.15, -0.1) is 22.7 Å². The Bertz CT molecular complexity index is 1210. The van der Waals surface area contributed by atoms with Crippen molar-refractivity contribution in [3.8, 4) is 10.4 Å². The molecule has 4 aromatic rings. The number of hydrogen-bond donors (Lipinski definition) is 2. The van der Waals surface area contributed by atoms with E-state index in [1.54, 1.807) is 47.2 Å². The molecule has 1 amide bonds. The zero-order chi connectivity index (χ0) is 22.5. The molecule has 1 fully saturated rings. The largest absolute Gasteiger partial charge is 0.379 e. The minimum absolute atomic E-state index is 0.138. The first-order chi connectivity index (χ1) is 16.3. The number of amides is 1. The summed E-state index contributed by atoms with van der Waals surface area (Å²) >= 11 is 3.34. The highest BCUT2D eigenvalue weighted by Crippen LogP contribution is 2.38. The van der Waals surface area contributed by atoms with Crippen molar-refractivity contribution in [2.24, 2.45) is 0 Å². The lowest BCUT2D eigenvalue weighted by Crippen LogP contribution is -2.36.